The summed E-state index contributed by atoms with van der Waals surface area (Å²) >= 11 is 0. The Balaban J connectivity index is 1.59. The molecule has 180 valence electrons. The number of carbonyl (C=O) groups is 1. The number of para-hydroxylation sites is 2. The van der Waals surface area contributed by atoms with Crippen molar-refractivity contribution in [1.82, 2.24) is 15.1 Å². The van der Waals surface area contributed by atoms with Crippen LogP contribution >= 0.6 is 0 Å². The molecule has 1 heterocycles. The van der Waals surface area contributed by atoms with E-state index >= 15 is 0 Å². The lowest BCUT2D eigenvalue weighted by Crippen LogP contribution is -2.46. The van der Waals surface area contributed by atoms with Gasteiger partial charge < -0.3 is 19.9 Å². The number of benzene rings is 2. The summed E-state index contributed by atoms with van der Waals surface area (Å²) in [6.45, 7) is 10.8. The average Bonchev–Trinajstić information content (AvgIpc) is 2.82. The van der Waals surface area contributed by atoms with Crippen molar-refractivity contribution in [2.45, 2.75) is 25.2 Å². The molecule has 8 nitrogen and oxygen atoms in total. The lowest BCUT2D eigenvalue weighted by Gasteiger charge is -2.33. The Labute approximate surface area is 197 Å². The molecule has 1 aliphatic rings. The SMILES string of the molecule is CCN1CCN(CCCNC(=O)c2ccc(C)c(S(=O)(=O)Nc3ccccc3OC)c2)CC1. The van der Waals surface area contributed by atoms with E-state index in [0.717, 1.165) is 45.7 Å². The molecular weight excluding hydrogens is 440 g/mol. The molecule has 1 saturated heterocycles. The summed E-state index contributed by atoms with van der Waals surface area (Å²) < 4.78 is 33.9. The average molecular weight is 475 g/mol. The molecular formula is C24H34N4O4S. The van der Waals surface area contributed by atoms with Crippen molar-refractivity contribution in [3.63, 3.8) is 0 Å². The predicted molar refractivity (Wildman–Crippen MR) is 130 cm³/mol. The molecule has 2 aromatic carbocycles. The zero-order valence-electron chi connectivity index (χ0n) is 19.6. The highest BCUT2D eigenvalue weighted by molar-refractivity contribution is 7.92. The van der Waals surface area contributed by atoms with Crippen molar-refractivity contribution in [3.8, 4) is 5.75 Å². The fraction of sp³-hybridized carbons (Fsp3) is 0.458. The third-order valence-electron chi connectivity index (χ3n) is 5.94. The second-order valence-electron chi connectivity index (χ2n) is 8.17. The smallest absolute Gasteiger partial charge is 0.262 e. The Morgan fingerprint density at radius 3 is 2.45 bits per heavy atom. The van der Waals surface area contributed by atoms with Gasteiger partial charge in [0.2, 0.25) is 0 Å². The molecule has 33 heavy (non-hydrogen) atoms. The quantitative estimate of drug-likeness (QED) is 0.515. The van der Waals surface area contributed by atoms with Gasteiger partial charge in [0, 0.05) is 38.3 Å². The number of hydrogen-bond acceptors (Lipinski definition) is 6. The van der Waals surface area contributed by atoms with Gasteiger partial charge >= 0.3 is 0 Å². The molecule has 0 aliphatic carbocycles. The topological polar surface area (TPSA) is 91.0 Å². The van der Waals surface area contributed by atoms with Gasteiger partial charge in [-0.25, -0.2) is 8.42 Å². The molecule has 2 aromatic rings. The Morgan fingerprint density at radius 2 is 1.76 bits per heavy atom. The third-order valence-corrected chi connectivity index (χ3v) is 7.45. The third kappa shape index (κ3) is 6.69. The lowest BCUT2D eigenvalue weighted by molar-refractivity contribution is 0.0948. The number of nitrogens with zero attached hydrogens (tertiary/aromatic N) is 2. The van der Waals surface area contributed by atoms with Gasteiger partial charge in [0.1, 0.15) is 5.75 Å². The van der Waals surface area contributed by atoms with Crippen molar-refractivity contribution in [3.05, 3.63) is 53.6 Å². The predicted octanol–water partition coefficient (Wildman–Crippen LogP) is 2.56. The fourth-order valence-electron chi connectivity index (χ4n) is 3.90. The Bertz CT molecular complexity index is 1050. The van der Waals surface area contributed by atoms with E-state index in [1.165, 1.54) is 13.2 Å². The number of amides is 1. The molecule has 0 saturated carbocycles. The zero-order chi connectivity index (χ0) is 23.8. The normalized spacial score (nSPS) is 15.2. The number of rotatable bonds is 10. The Hall–Kier alpha value is -2.62. The van der Waals surface area contributed by atoms with Crippen LogP contribution in [-0.2, 0) is 10.0 Å². The minimum atomic E-state index is -3.90. The van der Waals surface area contributed by atoms with Gasteiger partial charge in [0.15, 0.2) is 0 Å². The fourth-order valence-corrected chi connectivity index (χ4v) is 5.24. The monoisotopic (exact) mass is 474 g/mol. The van der Waals surface area contributed by atoms with Gasteiger partial charge in [-0.2, -0.15) is 0 Å². The lowest BCUT2D eigenvalue weighted by atomic mass is 10.1. The van der Waals surface area contributed by atoms with E-state index in [0.29, 0.717) is 29.1 Å². The first kappa shape index (κ1) is 25.0. The van der Waals surface area contributed by atoms with Crippen LogP contribution in [0, 0.1) is 6.92 Å². The molecule has 3 rings (SSSR count). The van der Waals surface area contributed by atoms with Crippen LogP contribution in [0.2, 0.25) is 0 Å². The standard InChI is InChI=1S/C24H34N4O4S/c1-4-27-14-16-28(17-15-27)13-7-12-25-24(29)20-11-10-19(2)23(18-20)33(30,31)26-21-8-5-6-9-22(21)32-3/h5-6,8-11,18,26H,4,7,12-17H2,1-3H3,(H,25,29). The van der Waals surface area contributed by atoms with Gasteiger partial charge in [-0.15, -0.1) is 0 Å². The summed E-state index contributed by atoms with van der Waals surface area (Å²) in [6, 6.07) is 11.5. The summed E-state index contributed by atoms with van der Waals surface area (Å²) in [7, 11) is -2.42. The van der Waals surface area contributed by atoms with Crippen LogP contribution in [0.5, 0.6) is 5.75 Å². The van der Waals surface area contributed by atoms with Crippen LogP contribution in [0.3, 0.4) is 0 Å². The Kier molecular flexibility index (Phi) is 8.71. The highest BCUT2D eigenvalue weighted by Gasteiger charge is 2.21. The molecule has 9 heteroatoms. The highest BCUT2D eigenvalue weighted by atomic mass is 32.2. The van der Waals surface area contributed by atoms with E-state index in [9.17, 15) is 13.2 Å². The largest absolute Gasteiger partial charge is 0.495 e. The second-order valence-corrected chi connectivity index (χ2v) is 9.82. The maximum Gasteiger partial charge on any atom is 0.262 e. The number of piperazine rings is 1. The van der Waals surface area contributed by atoms with Crippen LogP contribution in [0.15, 0.2) is 47.4 Å². The van der Waals surface area contributed by atoms with E-state index in [-0.39, 0.29) is 10.8 Å². The number of hydrogen-bond donors (Lipinski definition) is 2. The van der Waals surface area contributed by atoms with E-state index in [1.54, 1.807) is 43.3 Å². The van der Waals surface area contributed by atoms with E-state index in [4.69, 9.17) is 4.74 Å². The Morgan fingerprint density at radius 1 is 1.06 bits per heavy atom. The van der Waals surface area contributed by atoms with Crippen molar-refractivity contribution < 1.29 is 17.9 Å². The molecule has 0 aromatic heterocycles. The summed E-state index contributed by atoms with van der Waals surface area (Å²) in [5, 5.41) is 2.91. The van der Waals surface area contributed by atoms with E-state index < -0.39 is 10.0 Å². The van der Waals surface area contributed by atoms with Gasteiger partial charge in [0.05, 0.1) is 17.7 Å². The van der Waals surface area contributed by atoms with Gasteiger partial charge in [-0.3, -0.25) is 9.52 Å². The molecule has 0 atom stereocenters. The second kappa shape index (κ2) is 11.5. The first-order chi connectivity index (χ1) is 15.8. The molecule has 1 amide bonds. The van der Waals surface area contributed by atoms with Gasteiger partial charge in [0.25, 0.3) is 15.9 Å². The number of aryl methyl sites for hydroxylation is 1. The van der Waals surface area contributed by atoms with Gasteiger partial charge in [-0.05, 0) is 56.3 Å². The summed E-state index contributed by atoms with van der Waals surface area (Å²) in [6.07, 6.45) is 0.851. The van der Waals surface area contributed by atoms with Crippen LogP contribution < -0.4 is 14.8 Å². The van der Waals surface area contributed by atoms with Crippen LogP contribution in [0.1, 0.15) is 29.3 Å². The van der Waals surface area contributed by atoms with E-state index in [1.807, 2.05) is 0 Å². The number of likely N-dealkylation sites (N-methyl/N-ethyl adjacent to an activating group) is 1. The van der Waals surface area contributed by atoms with Gasteiger partial charge in [-0.1, -0.05) is 25.1 Å². The maximum atomic E-state index is 13.0. The highest BCUT2D eigenvalue weighted by Crippen LogP contribution is 2.27. The number of methoxy groups -OCH3 is 1. The van der Waals surface area contributed by atoms with E-state index in [2.05, 4.69) is 26.8 Å². The summed E-state index contributed by atoms with van der Waals surface area (Å²) in [4.78, 5) is 17.6. The van der Waals surface area contributed by atoms with Crippen LogP contribution in [-0.4, -0.2) is 77.0 Å². The number of carbonyl (C=O) groups excluding carboxylic acids is 1. The first-order valence-electron chi connectivity index (χ1n) is 11.3. The molecule has 0 radical (unpaired) electrons. The zero-order valence-corrected chi connectivity index (χ0v) is 20.5. The minimum absolute atomic E-state index is 0.0647. The number of sulfonamides is 1. The maximum absolute atomic E-state index is 13.0. The summed E-state index contributed by atoms with van der Waals surface area (Å²) in [5.74, 6) is 0.142. The number of nitrogens with one attached hydrogen (secondary N) is 2. The molecule has 2 N–H and O–H groups in total. The van der Waals surface area contributed by atoms with Crippen molar-refractivity contribution in [2.24, 2.45) is 0 Å². The summed E-state index contributed by atoms with van der Waals surface area (Å²) in [5.41, 5.74) is 1.21. The molecule has 0 spiro atoms. The van der Waals surface area contributed by atoms with Crippen molar-refractivity contribution in [1.29, 1.82) is 0 Å². The number of anilines is 1. The van der Waals surface area contributed by atoms with Crippen LogP contribution in [0.25, 0.3) is 0 Å². The minimum Gasteiger partial charge on any atom is -0.495 e. The van der Waals surface area contributed by atoms with Crippen molar-refractivity contribution >= 4 is 21.6 Å². The van der Waals surface area contributed by atoms with Crippen LogP contribution in [0.4, 0.5) is 5.69 Å². The molecule has 1 aliphatic heterocycles. The molecule has 1 fully saturated rings. The number of ether oxygens (including phenoxy) is 1. The first-order valence-corrected chi connectivity index (χ1v) is 12.8. The molecule has 0 bridgehead atoms. The van der Waals surface area contributed by atoms with Crippen molar-refractivity contribution in [2.75, 3.05) is 57.6 Å². The molecule has 0 unspecified atom stereocenters.